The Morgan fingerprint density at radius 2 is 1.08 bits per heavy atom. The van der Waals surface area contributed by atoms with Gasteiger partial charge >= 0.3 is 11.4 Å². The largest absolute Gasteiger partial charge is 0.395 e. The minimum absolute atomic E-state index is 0.352. The van der Waals surface area contributed by atoms with Crippen LogP contribution in [-0.4, -0.2) is 47.8 Å². The molecular formula is C16H11N7O13. The fourth-order valence-corrected chi connectivity index (χ4v) is 3.01. The predicted molar refractivity (Wildman–Crippen MR) is 117 cm³/mol. The molecule has 0 heterocycles. The van der Waals surface area contributed by atoms with E-state index in [9.17, 15) is 60.7 Å². The maximum atomic E-state index is 11.8. The highest BCUT2D eigenvalue weighted by molar-refractivity contribution is 5.91. The van der Waals surface area contributed by atoms with Crippen LogP contribution < -0.4 is 5.32 Å². The lowest BCUT2D eigenvalue weighted by Crippen LogP contribution is -2.11. The molecule has 0 aromatic heterocycles. The molecule has 0 aliphatic heterocycles. The number of rotatable bonds is 11. The number of nitro groups is 6. The Morgan fingerprint density at radius 1 is 0.639 bits per heavy atom. The SMILES string of the molecule is O=[N+]([O-])c1cc([N+](=O)[O-])c(C=Cc2c([N+](=O)[O-])cc([N+](=O)[O-])c(NCCO)c2[N+](=O)[O-])c([N+](=O)[O-])c1. The smallest absolute Gasteiger partial charge is 0.313 e. The summed E-state index contributed by atoms with van der Waals surface area (Å²) in [6.07, 6.45) is 1.02. The number of non-ortho nitro benzene ring substituents is 1. The van der Waals surface area contributed by atoms with Gasteiger partial charge in [-0.1, -0.05) is 0 Å². The molecule has 0 unspecified atom stereocenters. The Hall–Kier alpha value is -5.66. The van der Waals surface area contributed by atoms with Crippen LogP contribution in [0.4, 0.5) is 39.8 Å². The highest BCUT2D eigenvalue weighted by Gasteiger charge is 2.36. The van der Waals surface area contributed by atoms with Gasteiger partial charge in [-0.2, -0.15) is 0 Å². The first-order valence-corrected chi connectivity index (χ1v) is 9.10. The van der Waals surface area contributed by atoms with Crippen molar-refractivity contribution in [3.63, 3.8) is 0 Å². The van der Waals surface area contributed by atoms with E-state index in [0.717, 1.165) is 0 Å². The lowest BCUT2D eigenvalue weighted by molar-refractivity contribution is -0.403. The topological polar surface area (TPSA) is 291 Å². The Kier molecular flexibility index (Phi) is 7.77. The Labute approximate surface area is 196 Å². The van der Waals surface area contributed by atoms with E-state index in [2.05, 4.69) is 5.32 Å². The first-order chi connectivity index (χ1) is 16.8. The van der Waals surface area contributed by atoms with Gasteiger partial charge < -0.3 is 10.4 Å². The number of aliphatic hydroxyl groups is 1. The lowest BCUT2D eigenvalue weighted by atomic mass is 10.0. The maximum Gasteiger partial charge on any atom is 0.313 e. The van der Waals surface area contributed by atoms with Crippen molar-refractivity contribution in [2.24, 2.45) is 0 Å². The van der Waals surface area contributed by atoms with Gasteiger partial charge in [-0.3, -0.25) is 60.7 Å². The molecule has 0 atom stereocenters. The van der Waals surface area contributed by atoms with Crippen molar-refractivity contribution in [3.8, 4) is 0 Å². The van der Waals surface area contributed by atoms with Crippen LogP contribution in [0.3, 0.4) is 0 Å². The molecule has 2 aromatic rings. The second-order valence-corrected chi connectivity index (χ2v) is 6.48. The molecular weight excluding hydrogens is 498 g/mol. The number of nitrogens with zero attached hydrogens (tertiary/aromatic N) is 6. The van der Waals surface area contributed by atoms with Gasteiger partial charge in [-0.25, -0.2) is 0 Å². The number of nitrogens with one attached hydrogen (secondary N) is 1. The van der Waals surface area contributed by atoms with Crippen molar-refractivity contribution in [1.29, 1.82) is 0 Å². The van der Waals surface area contributed by atoms with E-state index in [4.69, 9.17) is 5.11 Å². The molecule has 0 aliphatic rings. The number of aliphatic hydroxyl groups excluding tert-OH is 1. The zero-order valence-corrected chi connectivity index (χ0v) is 17.3. The fraction of sp³-hybridized carbons (Fsp3) is 0.125. The molecule has 0 fully saturated rings. The van der Waals surface area contributed by atoms with E-state index >= 15 is 0 Å². The van der Waals surface area contributed by atoms with E-state index in [1.165, 1.54) is 0 Å². The van der Waals surface area contributed by atoms with Crippen molar-refractivity contribution in [2.45, 2.75) is 0 Å². The lowest BCUT2D eigenvalue weighted by Gasteiger charge is -2.09. The van der Waals surface area contributed by atoms with Gasteiger partial charge in [0.1, 0.15) is 11.1 Å². The molecule has 0 radical (unpaired) electrons. The minimum atomic E-state index is -1.24. The summed E-state index contributed by atoms with van der Waals surface area (Å²) in [6.45, 7) is -1.11. The summed E-state index contributed by atoms with van der Waals surface area (Å²) in [5, 5.41) is 79.7. The van der Waals surface area contributed by atoms with Crippen molar-refractivity contribution in [2.75, 3.05) is 18.5 Å². The van der Waals surface area contributed by atoms with Gasteiger partial charge in [0.25, 0.3) is 22.7 Å². The molecule has 188 valence electrons. The number of anilines is 1. The summed E-state index contributed by atoms with van der Waals surface area (Å²) >= 11 is 0. The van der Waals surface area contributed by atoms with Crippen LogP contribution in [0.1, 0.15) is 11.1 Å². The number of hydrogen-bond acceptors (Lipinski definition) is 14. The number of nitro benzene ring substituents is 6. The highest BCUT2D eigenvalue weighted by Crippen LogP contribution is 2.44. The predicted octanol–water partition coefficient (Wildman–Crippen LogP) is 2.71. The summed E-state index contributed by atoms with van der Waals surface area (Å²) in [4.78, 5) is 61.4. The number of hydrogen-bond donors (Lipinski definition) is 2. The minimum Gasteiger partial charge on any atom is -0.395 e. The van der Waals surface area contributed by atoms with Crippen molar-refractivity contribution < 1.29 is 34.6 Å². The summed E-state index contributed by atoms with van der Waals surface area (Å²) in [7, 11) is 0. The van der Waals surface area contributed by atoms with Crippen LogP contribution in [0.5, 0.6) is 0 Å². The van der Waals surface area contributed by atoms with Crippen LogP contribution in [0.25, 0.3) is 12.2 Å². The number of benzene rings is 2. The van der Waals surface area contributed by atoms with Crippen LogP contribution in [0.15, 0.2) is 18.2 Å². The van der Waals surface area contributed by atoms with E-state index < -0.39 is 93.6 Å². The molecule has 20 heteroatoms. The monoisotopic (exact) mass is 509 g/mol. The third kappa shape index (κ3) is 5.28. The first-order valence-electron chi connectivity index (χ1n) is 9.10. The van der Waals surface area contributed by atoms with Gasteiger partial charge in [0.2, 0.25) is 0 Å². The Balaban J connectivity index is 2.99. The standard InChI is InChI=1S/C16H11N7O13/c24-4-3-17-15-14(22(33)34)7-13(21(31)32)10(16(15)23(35)36)2-1-9-11(19(27)28)5-8(18(25)26)6-12(9)20(29)30/h1-2,5-7,17,24H,3-4H2. The molecule has 2 N–H and O–H groups in total. The van der Waals surface area contributed by atoms with Crippen LogP contribution in [0.2, 0.25) is 0 Å². The molecule has 0 aliphatic carbocycles. The second kappa shape index (κ2) is 10.5. The van der Waals surface area contributed by atoms with Crippen LogP contribution >= 0.6 is 0 Å². The van der Waals surface area contributed by atoms with Gasteiger partial charge in [0.15, 0.2) is 5.69 Å². The Bertz CT molecular complexity index is 1320. The van der Waals surface area contributed by atoms with E-state index in [0.29, 0.717) is 30.4 Å². The van der Waals surface area contributed by atoms with Crippen molar-refractivity contribution >= 4 is 52.0 Å². The molecule has 0 saturated carbocycles. The average molecular weight is 509 g/mol. The summed E-state index contributed by atoms with van der Waals surface area (Å²) < 4.78 is 0. The Morgan fingerprint density at radius 3 is 1.47 bits per heavy atom. The zero-order valence-electron chi connectivity index (χ0n) is 17.3. The molecule has 2 rings (SSSR count). The molecule has 0 spiro atoms. The van der Waals surface area contributed by atoms with Gasteiger partial charge in [-0.05, 0) is 12.2 Å². The quantitative estimate of drug-likeness (QED) is 0.250. The third-order valence-electron chi connectivity index (χ3n) is 4.43. The van der Waals surface area contributed by atoms with Gasteiger partial charge in [0, 0.05) is 6.54 Å². The summed E-state index contributed by atoms with van der Waals surface area (Å²) in [6, 6.07) is 1.10. The normalized spacial score (nSPS) is 10.7. The van der Waals surface area contributed by atoms with Crippen LogP contribution in [-0.2, 0) is 0 Å². The summed E-state index contributed by atoms with van der Waals surface area (Å²) in [5.41, 5.74) is -9.60. The van der Waals surface area contributed by atoms with E-state index in [-0.39, 0.29) is 0 Å². The molecule has 0 amide bonds. The van der Waals surface area contributed by atoms with Crippen molar-refractivity contribution in [3.05, 3.63) is 90.0 Å². The fourth-order valence-electron chi connectivity index (χ4n) is 3.01. The van der Waals surface area contributed by atoms with Crippen LogP contribution in [0, 0.1) is 60.7 Å². The van der Waals surface area contributed by atoms with E-state index in [1.807, 2.05) is 0 Å². The molecule has 0 saturated heterocycles. The van der Waals surface area contributed by atoms with Gasteiger partial charge in [-0.15, -0.1) is 0 Å². The molecule has 36 heavy (non-hydrogen) atoms. The summed E-state index contributed by atoms with van der Waals surface area (Å²) in [5.74, 6) is 0. The highest BCUT2D eigenvalue weighted by atomic mass is 16.6. The van der Waals surface area contributed by atoms with E-state index in [1.54, 1.807) is 0 Å². The molecule has 0 bridgehead atoms. The third-order valence-corrected chi connectivity index (χ3v) is 4.43. The van der Waals surface area contributed by atoms with Gasteiger partial charge in [0.05, 0.1) is 54.3 Å². The second-order valence-electron chi connectivity index (χ2n) is 6.48. The maximum absolute atomic E-state index is 11.8. The first kappa shape index (κ1) is 26.6. The van der Waals surface area contributed by atoms with Crippen molar-refractivity contribution in [1.82, 2.24) is 0 Å². The average Bonchev–Trinajstić information content (AvgIpc) is 2.79. The molecule has 2 aromatic carbocycles. The zero-order chi connectivity index (χ0) is 27.3. The molecule has 20 nitrogen and oxygen atoms in total.